The number of benzene rings is 2. The average Bonchev–Trinajstić information content (AvgIpc) is 3.01. The molecule has 4 aromatic rings. The summed E-state index contributed by atoms with van der Waals surface area (Å²) < 4.78 is 1.79. The molecule has 0 atom stereocenters. The number of rotatable bonds is 3. The first-order valence-corrected chi connectivity index (χ1v) is 7.39. The van der Waals surface area contributed by atoms with Crippen molar-refractivity contribution in [2.45, 2.75) is 6.92 Å². The summed E-state index contributed by atoms with van der Waals surface area (Å²) in [6, 6.07) is 18.1. The second-order valence-corrected chi connectivity index (χ2v) is 5.35. The van der Waals surface area contributed by atoms with Crippen molar-refractivity contribution in [3.63, 3.8) is 0 Å². The lowest BCUT2D eigenvalue weighted by Crippen LogP contribution is -1.99. The van der Waals surface area contributed by atoms with Crippen LogP contribution in [-0.4, -0.2) is 19.7 Å². The van der Waals surface area contributed by atoms with Gasteiger partial charge < -0.3 is 5.32 Å². The van der Waals surface area contributed by atoms with Gasteiger partial charge in [0.15, 0.2) is 5.65 Å². The second-order valence-electron chi connectivity index (χ2n) is 5.35. The van der Waals surface area contributed by atoms with Crippen LogP contribution in [0.2, 0.25) is 0 Å². The molecule has 4 rings (SSSR count). The number of aryl methyl sites for hydroxylation is 1. The molecule has 5 nitrogen and oxygen atoms in total. The molecule has 0 radical (unpaired) electrons. The number of nitrogens with one attached hydrogen (secondary N) is 1. The average molecular weight is 301 g/mol. The van der Waals surface area contributed by atoms with Crippen LogP contribution in [0.25, 0.3) is 16.9 Å². The SMILES string of the molecule is Cc1ccc(Nc2cnc3c(cnn3-c3ccccc3)n2)cc1. The fourth-order valence-corrected chi connectivity index (χ4v) is 2.42. The van der Waals surface area contributed by atoms with Crippen molar-refractivity contribution in [1.29, 1.82) is 0 Å². The Kier molecular flexibility index (Phi) is 3.24. The van der Waals surface area contributed by atoms with E-state index in [0.717, 1.165) is 22.5 Å². The highest BCUT2D eigenvalue weighted by Crippen LogP contribution is 2.19. The molecule has 0 bridgehead atoms. The van der Waals surface area contributed by atoms with Gasteiger partial charge in [-0.3, -0.25) is 0 Å². The van der Waals surface area contributed by atoms with Gasteiger partial charge in [0, 0.05) is 5.69 Å². The number of anilines is 2. The third kappa shape index (κ3) is 2.64. The lowest BCUT2D eigenvalue weighted by Gasteiger charge is -2.06. The van der Waals surface area contributed by atoms with E-state index in [-0.39, 0.29) is 0 Å². The molecule has 2 heterocycles. The van der Waals surface area contributed by atoms with Crippen molar-refractivity contribution >= 4 is 22.7 Å². The Morgan fingerprint density at radius 1 is 0.913 bits per heavy atom. The topological polar surface area (TPSA) is 55.6 Å². The largest absolute Gasteiger partial charge is 0.339 e. The highest BCUT2D eigenvalue weighted by Gasteiger charge is 2.08. The third-order valence-corrected chi connectivity index (χ3v) is 3.60. The van der Waals surface area contributed by atoms with E-state index < -0.39 is 0 Å². The van der Waals surface area contributed by atoms with Gasteiger partial charge in [0.2, 0.25) is 0 Å². The van der Waals surface area contributed by atoms with Gasteiger partial charge in [0.1, 0.15) is 11.3 Å². The van der Waals surface area contributed by atoms with E-state index >= 15 is 0 Å². The number of aromatic nitrogens is 4. The lowest BCUT2D eigenvalue weighted by molar-refractivity contribution is 0.897. The van der Waals surface area contributed by atoms with E-state index in [0.29, 0.717) is 5.82 Å². The zero-order chi connectivity index (χ0) is 15.6. The highest BCUT2D eigenvalue weighted by atomic mass is 15.3. The van der Waals surface area contributed by atoms with Crippen molar-refractivity contribution in [2.24, 2.45) is 0 Å². The van der Waals surface area contributed by atoms with Gasteiger partial charge in [-0.15, -0.1) is 0 Å². The number of nitrogens with zero attached hydrogens (tertiary/aromatic N) is 4. The Bertz CT molecular complexity index is 942. The number of hydrogen-bond acceptors (Lipinski definition) is 4. The smallest absolute Gasteiger partial charge is 0.181 e. The molecule has 2 aromatic carbocycles. The van der Waals surface area contributed by atoms with Crippen LogP contribution in [0.5, 0.6) is 0 Å². The molecule has 23 heavy (non-hydrogen) atoms. The van der Waals surface area contributed by atoms with Crippen LogP contribution in [0.3, 0.4) is 0 Å². The molecule has 0 saturated carbocycles. The molecule has 0 amide bonds. The summed E-state index contributed by atoms with van der Waals surface area (Å²) in [4.78, 5) is 9.09. The van der Waals surface area contributed by atoms with Gasteiger partial charge >= 0.3 is 0 Å². The van der Waals surface area contributed by atoms with Gasteiger partial charge in [0.05, 0.1) is 18.1 Å². The van der Waals surface area contributed by atoms with Crippen molar-refractivity contribution in [3.05, 3.63) is 72.6 Å². The molecule has 0 saturated heterocycles. The van der Waals surface area contributed by atoms with Crippen molar-refractivity contribution in [1.82, 2.24) is 19.7 Å². The summed E-state index contributed by atoms with van der Waals surface area (Å²) in [5.74, 6) is 0.703. The Morgan fingerprint density at radius 3 is 2.48 bits per heavy atom. The standard InChI is InChI=1S/C18H15N5/c1-13-7-9-14(10-8-13)21-17-12-19-18-16(22-17)11-20-23(18)15-5-3-2-4-6-15/h2-12H,1H3,(H,21,22). The minimum absolute atomic E-state index is 0.703. The maximum atomic E-state index is 4.58. The Labute approximate surface area is 133 Å². The van der Waals surface area contributed by atoms with Crippen LogP contribution >= 0.6 is 0 Å². The van der Waals surface area contributed by atoms with Gasteiger partial charge in [-0.2, -0.15) is 5.10 Å². The molecule has 1 N–H and O–H groups in total. The zero-order valence-corrected chi connectivity index (χ0v) is 12.6. The van der Waals surface area contributed by atoms with Crippen LogP contribution in [0.15, 0.2) is 67.0 Å². The molecular formula is C18H15N5. The number of para-hydroxylation sites is 1. The van der Waals surface area contributed by atoms with Gasteiger partial charge in [-0.25, -0.2) is 14.6 Å². The fraction of sp³-hybridized carbons (Fsp3) is 0.0556. The molecule has 0 spiro atoms. The van der Waals surface area contributed by atoms with E-state index in [1.807, 2.05) is 42.5 Å². The summed E-state index contributed by atoms with van der Waals surface area (Å²) in [7, 11) is 0. The Hall–Kier alpha value is -3.21. The van der Waals surface area contributed by atoms with Crippen LogP contribution in [0.1, 0.15) is 5.56 Å². The quantitative estimate of drug-likeness (QED) is 0.624. The second kappa shape index (κ2) is 5.53. The first-order chi connectivity index (χ1) is 11.3. The van der Waals surface area contributed by atoms with E-state index in [1.165, 1.54) is 5.56 Å². The summed E-state index contributed by atoms with van der Waals surface area (Å²) in [5, 5.41) is 7.65. The Morgan fingerprint density at radius 2 is 1.70 bits per heavy atom. The van der Waals surface area contributed by atoms with Crippen LogP contribution in [0, 0.1) is 6.92 Å². The molecule has 0 fully saturated rings. The summed E-state index contributed by atoms with van der Waals surface area (Å²) in [5.41, 5.74) is 4.67. The third-order valence-electron chi connectivity index (χ3n) is 3.60. The van der Waals surface area contributed by atoms with Gasteiger partial charge in [-0.05, 0) is 31.2 Å². The van der Waals surface area contributed by atoms with E-state index in [9.17, 15) is 0 Å². The first-order valence-electron chi connectivity index (χ1n) is 7.39. The molecule has 0 aliphatic heterocycles. The van der Waals surface area contributed by atoms with Crippen molar-refractivity contribution in [2.75, 3.05) is 5.32 Å². The van der Waals surface area contributed by atoms with E-state index in [4.69, 9.17) is 0 Å². The van der Waals surface area contributed by atoms with E-state index in [2.05, 4.69) is 39.4 Å². The van der Waals surface area contributed by atoms with Crippen molar-refractivity contribution in [3.8, 4) is 5.69 Å². The van der Waals surface area contributed by atoms with Crippen LogP contribution in [0.4, 0.5) is 11.5 Å². The number of fused-ring (bicyclic) bond motifs is 1. The lowest BCUT2D eigenvalue weighted by atomic mass is 10.2. The predicted octanol–water partition coefficient (Wildman–Crippen LogP) is 3.87. The van der Waals surface area contributed by atoms with Crippen molar-refractivity contribution < 1.29 is 0 Å². The molecule has 5 heteroatoms. The predicted molar refractivity (Wildman–Crippen MR) is 91.1 cm³/mol. The molecule has 2 aromatic heterocycles. The molecule has 0 aliphatic rings. The summed E-state index contributed by atoms with van der Waals surface area (Å²) in [6.45, 7) is 2.06. The maximum absolute atomic E-state index is 4.58. The van der Waals surface area contributed by atoms with E-state index in [1.54, 1.807) is 17.1 Å². The van der Waals surface area contributed by atoms with Crippen LogP contribution < -0.4 is 5.32 Å². The highest BCUT2D eigenvalue weighted by molar-refractivity contribution is 5.74. The van der Waals surface area contributed by atoms with Gasteiger partial charge in [-0.1, -0.05) is 35.9 Å². The van der Waals surface area contributed by atoms with Crippen LogP contribution in [-0.2, 0) is 0 Å². The first kappa shape index (κ1) is 13.5. The Balaban J connectivity index is 1.68. The monoisotopic (exact) mass is 301 g/mol. The fourth-order valence-electron chi connectivity index (χ4n) is 2.42. The zero-order valence-electron chi connectivity index (χ0n) is 12.6. The minimum atomic E-state index is 0.703. The summed E-state index contributed by atoms with van der Waals surface area (Å²) >= 11 is 0. The number of hydrogen-bond donors (Lipinski definition) is 1. The molecular weight excluding hydrogens is 286 g/mol. The molecule has 0 aliphatic carbocycles. The molecule has 0 unspecified atom stereocenters. The summed E-state index contributed by atoms with van der Waals surface area (Å²) in [6.07, 6.45) is 3.46. The maximum Gasteiger partial charge on any atom is 0.181 e. The minimum Gasteiger partial charge on any atom is -0.339 e. The molecule has 112 valence electrons. The normalized spacial score (nSPS) is 10.8. The van der Waals surface area contributed by atoms with Gasteiger partial charge in [0.25, 0.3) is 0 Å².